The molecule has 10 heteroatoms. The number of hydrogen-bond acceptors (Lipinski definition) is 8. The summed E-state index contributed by atoms with van der Waals surface area (Å²) in [4.78, 5) is 0. The van der Waals surface area contributed by atoms with Gasteiger partial charge in [-0.2, -0.15) is 0 Å². The highest BCUT2D eigenvalue weighted by Crippen LogP contribution is 2.37. The minimum atomic E-state index is -2.93. The van der Waals surface area contributed by atoms with Crippen LogP contribution in [0.4, 0.5) is 0 Å². The van der Waals surface area contributed by atoms with Crippen LogP contribution in [0.1, 0.15) is 26.7 Å². The van der Waals surface area contributed by atoms with Crippen molar-refractivity contribution in [1.82, 2.24) is 0 Å². The van der Waals surface area contributed by atoms with E-state index in [0.29, 0.717) is 12.8 Å². The van der Waals surface area contributed by atoms with Gasteiger partial charge in [-0.25, -0.2) is 0 Å². The van der Waals surface area contributed by atoms with E-state index < -0.39 is 29.7 Å². The fourth-order valence-electron chi connectivity index (χ4n) is 3.46. The molecule has 4 atom stereocenters. The molecule has 146 valence electrons. The minimum Gasteiger partial charge on any atom is -0.377 e. The van der Waals surface area contributed by atoms with Crippen LogP contribution in [0.3, 0.4) is 0 Å². The Bertz CT molecular complexity index is 297. The standard InChI is InChI=1S/C14H36N2O6Si2/c1-9-11(23(17-3,18-4)19-5)13(15)14(16)12(10-2)24(20-6,21-7)22-8/h11-14H,9-10,15-16H2,1-8H3. The third kappa shape index (κ3) is 4.64. The monoisotopic (exact) mass is 384 g/mol. The van der Waals surface area contributed by atoms with Gasteiger partial charge in [0, 0.05) is 65.8 Å². The quantitative estimate of drug-likeness (QED) is 0.452. The summed E-state index contributed by atoms with van der Waals surface area (Å²) in [5, 5.41) is 0. The van der Waals surface area contributed by atoms with Gasteiger partial charge in [-0.3, -0.25) is 0 Å². The summed E-state index contributed by atoms with van der Waals surface area (Å²) in [7, 11) is 3.61. The third-order valence-electron chi connectivity index (χ3n) is 4.87. The van der Waals surface area contributed by atoms with Crippen LogP contribution in [0.5, 0.6) is 0 Å². The number of rotatable bonds is 13. The van der Waals surface area contributed by atoms with Crippen molar-refractivity contribution in [2.75, 3.05) is 42.7 Å². The van der Waals surface area contributed by atoms with E-state index in [-0.39, 0.29) is 11.1 Å². The smallest absolute Gasteiger partial charge is 0.377 e. The van der Waals surface area contributed by atoms with E-state index in [1.54, 1.807) is 42.7 Å². The Morgan fingerprint density at radius 3 is 0.917 bits per heavy atom. The summed E-state index contributed by atoms with van der Waals surface area (Å²) >= 11 is 0. The molecule has 0 aromatic heterocycles. The Morgan fingerprint density at radius 2 is 0.792 bits per heavy atom. The summed E-state index contributed by atoms with van der Waals surface area (Å²) < 4.78 is 33.7. The summed E-state index contributed by atoms with van der Waals surface area (Å²) in [5.74, 6) is 0. The highest BCUT2D eigenvalue weighted by atomic mass is 28.4. The van der Waals surface area contributed by atoms with E-state index in [2.05, 4.69) is 0 Å². The molecule has 0 radical (unpaired) electrons. The Labute approximate surface area is 148 Å². The van der Waals surface area contributed by atoms with E-state index in [1.807, 2.05) is 13.8 Å². The molecule has 0 aromatic rings. The number of hydrogen-bond donors (Lipinski definition) is 2. The first kappa shape index (κ1) is 24.1. The van der Waals surface area contributed by atoms with Crippen LogP contribution in [0.25, 0.3) is 0 Å². The van der Waals surface area contributed by atoms with Gasteiger partial charge in [0.05, 0.1) is 0 Å². The Hall–Kier alpha value is 0.114. The van der Waals surface area contributed by atoms with Crippen LogP contribution in [0.15, 0.2) is 0 Å². The van der Waals surface area contributed by atoms with Crippen molar-refractivity contribution in [3.63, 3.8) is 0 Å². The van der Waals surface area contributed by atoms with Gasteiger partial charge in [0.15, 0.2) is 0 Å². The second-order valence-electron chi connectivity index (χ2n) is 5.62. The molecule has 0 saturated heterocycles. The average molecular weight is 385 g/mol. The van der Waals surface area contributed by atoms with Gasteiger partial charge in [0.1, 0.15) is 0 Å². The Kier molecular flexibility index (Phi) is 11.0. The first-order valence-electron chi connectivity index (χ1n) is 8.15. The second kappa shape index (κ2) is 11.0. The predicted octanol–water partition coefficient (Wildman–Crippen LogP) is 0.958. The molecule has 24 heavy (non-hydrogen) atoms. The van der Waals surface area contributed by atoms with Crippen LogP contribution in [0, 0.1) is 0 Å². The lowest BCUT2D eigenvalue weighted by Gasteiger charge is -2.42. The zero-order valence-electron chi connectivity index (χ0n) is 16.3. The van der Waals surface area contributed by atoms with Crippen LogP contribution in [-0.2, 0) is 26.6 Å². The molecule has 8 nitrogen and oxygen atoms in total. The summed E-state index contributed by atoms with van der Waals surface area (Å²) in [5.41, 5.74) is 12.8. The fourth-order valence-corrected chi connectivity index (χ4v) is 8.66. The van der Waals surface area contributed by atoms with E-state index in [9.17, 15) is 0 Å². The maximum atomic E-state index is 6.55. The van der Waals surface area contributed by atoms with Crippen LogP contribution in [-0.4, -0.2) is 72.4 Å². The van der Waals surface area contributed by atoms with Crippen molar-refractivity contribution >= 4 is 17.6 Å². The van der Waals surface area contributed by atoms with Crippen molar-refractivity contribution in [1.29, 1.82) is 0 Å². The first-order chi connectivity index (χ1) is 11.3. The van der Waals surface area contributed by atoms with Crippen molar-refractivity contribution in [3.8, 4) is 0 Å². The maximum Gasteiger partial charge on any atom is 0.505 e. The number of nitrogens with two attached hydrogens (primary N) is 2. The van der Waals surface area contributed by atoms with E-state index in [4.69, 9.17) is 38.0 Å². The molecular weight excluding hydrogens is 348 g/mol. The van der Waals surface area contributed by atoms with Gasteiger partial charge in [-0.15, -0.1) is 0 Å². The predicted molar refractivity (Wildman–Crippen MR) is 97.6 cm³/mol. The fraction of sp³-hybridized carbons (Fsp3) is 1.00. The third-order valence-corrected chi connectivity index (χ3v) is 11.7. The van der Waals surface area contributed by atoms with Gasteiger partial charge < -0.3 is 38.0 Å². The van der Waals surface area contributed by atoms with Crippen molar-refractivity contribution in [2.24, 2.45) is 11.5 Å². The highest BCUT2D eigenvalue weighted by Gasteiger charge is 2.55. The van der Waals surface area contributed by atoms with Gasteiger partial charge in [-0.05, 0) is 12.8 Å². The molecule has 4 unspecified atom stereocenters. The molecule has 0 heterocycles. The topological polar surface area (TPSA) is 107 Å². The second-order valence-corrected chi connectivity index (χ2v) is 12.0. The van der Waals surface area contributed by atoms with E-state index >= 15 is 0 Å². The maximum absolute atomic E-state index is 6.55. The van der Waals surface area contributed by atoms with Crippen molar-refractivity contribution in [3.05, 3.63) is 0 Å². The molecule has 0 spiro atoms. The molecule has 0 aliphatic carbocycles. The van der Waals surface area contributed by atoms with Gasteiger partial charge in [0.25, 0.3) is 0 Å². The molecule has 0 saturated carbocycles. The molecule has 0 aromatic carbocycles. The van der Waals surface area contributed by atoms with E-state index in [1.165, 1.54) is 0 Å². The minimum absolute atomic E-state index is 0.154. The lowest BCUT2D eigenvalue weighted by molar-refractivity contribution is 0.0929. The van der Waals surface area contributed by atoms with Crippen LogP contribution < -0.4 is 11.5 Å². The molecule has 0 aliphatic heterocycles. The summed E-state index contributed by atoms with van der Waals surface area (Å²) in [6, 6.07) is -0.836. The first-order valence-corrected chi connectivity index (χ1v) is 11.8. The summed E-state index contributed by atoms with van der Waals surface area (Å²) in [6.45, 7) is 4.04. The zero-order valence-corrected chi connectivity index (χ0v) is 18.3. The lowest BCUT2D eigenvalue weighted by Crippen LogP contribution is -2.63. The Morgan fingerprint density at radius 1 is 0.583 bits per heavy atom. The largest absolute Gasteiger partial charge is 0.505 e. The molecule has 4 N–H and O–H groups in total. The summed E-state index contributed by atoms with van der Waals surface area (Å²) in [6.07, 6.45) is 1.43. The molecule has 0 rings (SSSR count). The van der Waals surface area contributed by atoms with Crippen LogP contribution >= 0.6 is 0 Å². The van der Waals surface area contributed by atoms with Crippen molar-refractivity contribution in [2.45, 2.75) is 49.9 Å². The zero-order chi connectivity index (χ0) is 19.0. The van der Waals surface area contributed by atoms with E-state index in [0.717, 1.165) is 0 Å². The molecule has 0 fully saturated rings. The highest BCUT2D eigenvalue weighted by molar-refractivity contribution is 6.63. The Balaban J connectivity index is 5.67. The molecule has 0 amide bonds. The van der Waals surface area contributed by atoms with Crippen LogP contribution in [0.2, 0.25) is 11.1 Å². The SMILES string of the molecule is CCC(C(N)C(N)C(CC)[Si](OC)(OC)OC)[Si](OC)(OC)OC. The molecule has 0 bridgehead atoms. The normalized spacial score (nSPS) is 18.2. The van der Waals surface area contributed by atoms with Gasteiger partial charge in [0.2, 0.25) is 0 Å². The average Bonchev–Trinajstić information content (AvgIpc) is 2.63. The van der Waals surface area contributed by atoms with Gasteiger partial charge in [-0.1, -0.05) is 13.8 Å². The van der Waals surface area contributed by atoms with Crippen molar-refractivity contribution < 1.29 is 26.6 Å². The molecule has 0 aliphatic rings. The molecular formula is C14H36N2O6Si2. The lowest BCUT2D eigenvalue weighted by atomic mass is 10.00. The van der Waals surface area contributed by atoms with Gasteiger partial charge >= 0.3 is 17.6 Å².